The summed E-state index contributed by atoms with van der Waals surface area (Å²) in [6.45, 7) is 0. The molecule has 0 aliphatic carbocycles. The standard InChI is InChI=1S/C38H20N6O2/c1-3-35-25(13-21(1)43-31-7-11-39-17-29(31)23-5-9-41-19-33(23)43)27-15-28-26-14-22(2-4-36(26)46-38(28)16-37(27)45-35)44-32-8-12-40-18-30(32)24-6-10-42-20-34(24)44/h1-20H. The molecule has 8 heteroatoms. The predicted molar refractivity (Wildman–Crippen MR) is 181 cm³/mol. The van der Waals surface area contributed by atoms with Gasteiger partial charge >= 0.3 is 0 Å². The van der Waals surface area contributed by atoms with Crippen LogP contribution in [0.2, 0.25) is 0 Å². The van der Waals surface area contributed by atoms with Crippen molar-refractivity contribution in [2.45, 2.75) is 0 Å². The van der Waals surface area contributed by atoms with E-state index in [0.717, 1.165) is 98.9 Å². The van der Waals surface area contributed by atoms with Gasteiger partial charge in [-0.2, -0.15) is 0 Å². The van der Waals surface area contributed by atoms with E-state index >= 15 is 0 Å². The highest BCUT2D eigenvalue weighted by molar-refractivity contribution is 6.16. The van der Waals surface area contributed by atoms with Crippen molar-refractivity contribution in [3.63, 3.8) is 0 Å². The van der Waals surface area contributed by atoms with Crippen molar-refractivity contribution < 1.29 is 8.83 Å². The quantitative estimate of drug-likeness (QED) is 0.199. The summed E-state index contributed by atoms with van der Waals surface area (Å²) in [4.78, 5) is 17.6. The Kier molecular flexibility index (Phi) is 4.43. The Morgan fingerprint density at radius 2 is 0.804 bits per heavy atom. The Morgan fingerprint density at radius 1 is 0.348 bits per heavy atom. The van der Waals surface area contributed by atoms with Gasteiger partial charge in [0, 0.05) is 97.7 Å². The lowest BCUT2D eigenvalue weighted by Crippen LogP contribution is -1.93. The fraction of sp³-hybridized carbons (Fsp3) is 0. The number of furan rings is 2. The third kappa shape index (κ3) is 3.07. The lowest BCUT2D eigenvalue weighted by Gasteiger charge is -2.07. The maximum absolute atomic E-state index is 6.37. The molecule has 8 aromatic heterocycles. The van der Waals surface area contributed by atoms with E-state index < -0.39 is 0 Å². The number of pyridine rings is 4. The third-order valence-corrected chi connectivity index (χ3v) is 9.28. The maximum atomic E-state index is 6.37. The number of hydrogen-bond donors (Lipinski definition) is 0. The van der Waals surface area contributed by atoms with Gasteiger partial charge in [-0.15, -0.1) is 0 Å². The number of fused-ring (bicyclic) bond motifs is 12. The van der Waals surface area contributed by atoms with Gasteiger partial charge in [0.05, 0.1) is 34.5 Å². The minimum atomic E-state index is 0.785. The van der Waals surface area contributed by atoms with Crippen LogP contribution >= 0.6 is 0 Å². The highest BCUT2D eigenvalue weighted by Crippen LogP contribution is 2.40. The molecule has 0 amide bonds. The minimum absolute atomic E-state index is 0.785. The van der Waals surface area contributed by atoms with Crippen LogP contribution in [0.5, 0.6) is 0 Å². The van der Waals surface area contributed by atoms with E-state index in [1.165, 1.54) is 0 Å². The van der Waals surface area contributed by atoms with E-state index in [4.69, 9.17) is 8.83 Å². The van der Waals surface area contributed by atoms with Gasteiger partial charge in [-0.25, -0.2) is 0 Å². The first-order valence-electron chi connectivity index (χ1n) is 15.0. The monoisotopic (exact) mass is 592 g/mol. The molecule has 0 saturated heterocycles. The predicted octanol–water partition coefficient (Wildman–Crippen LogP) is 9.26. The molecule has 0 fully saturated rings. The summed E-state index contributed by atoms with van der Waals surface area (Å²) in [5.74, 6) is 0. The first-order chi connectivity index (χ1) is 22.8. The Hall–Kier alpha value is -6.54. The van der Waals surface area contributed by atoms with E-state index in [9.17, 15) is 0 Å². The minimum Gasteiger partial charge on any atom is -0.456 e. The molecule has 11 aromatic rings. The van der Waals surface area contributed by atoms with E-state index in [2.05, 4.69) is 71.5 Å². The van der Waals surface area contributed by atoms with Gasteiger partial charge in [-0.1, -0.05) is 0 Å². The van der Waals surface area contributed by atoms with Crippen LogP contribution in [0.15, 0.2) is 131 Å². The van der Waals surface area contributed by atoms with Gasteiger partial charge in [-0.05, 0) is 66.7 Å². The summed E-state index contributed by atoms with van der Waals surface area (Å²) < 4.78 is 17.2. The van der Waals surface area contributed by atoms with Crippen LogP contribution in [0.4, 0.5) is 0 Å². The van der Waals surface area contributed by atoms with Crippen LogP contribution in [0.25, 0.3) is 98.9 Å². The second kappa shape index (κ2) is 8.55. The SMILES string of the molecule is c1cc2c(cn1)c1ccncc1n2-c1ccc2oc3cc4oc5ccc(-n6c7ccncc7c7ccncc76)cc5c4cc3c2c1. The smallest absolute Gasteiger partial charge is 0.139 e. The van der Waals surface area contributed by atoms with Crippen molar-refractivity contribution in [2.24, 2.45) is 0 Å². The zero-order valence-electron chi connectivity index (χ0n) is 24.0. The van der Waals surface area contributed by atoms with E-state index in [-0.39, 0.29) is 0 Å². The van der Waals surface area contributed by atoms with Crippen LogP contribution in [-0.2, 0) is 0 Å². The van der Waals surface area contributed by atoms with Gasteiger partial charge in [0.2, 0.25) is 0 Å². The summed E-state index contributed by atoms with van der Waals surface area (Å²) in [6, 6.07) is 25.1. The molecular formula is C38H20N6O2. The Labute approximate surface area is 258 Å². The number of nitrogens with zero attached hydrogens (tertiary/aromatic N) is 6. The maximum Gasteiger partial charge on any atom is 0.139 e. The second-order valence-corrected chi connectivity index (χ2v) is 11.7. The number of benzene rings is 3. The highest BCUT2D eigenvalue weighted by atomic mass is 16.3. The first-order valence-corrected chi connectivity index (χ1v) is 15.0. The van der Waals surface area contributed by atoms with Crippen molar-refractivity contribution in [3.05, 3.63) is 122 Å². The fourth-order valence-electron chi connectivity index (χ4n) is 7.28. The molecule has 0 atom stereocenters. The summed E-state index contributed by atoms with van der Waals surface area (Å²) >= 11 is 0. The van der Waals surface area contributed by atoms with Gasteiger partial charge in [0.25, 0.3) is 0 Å². The largest absolute Gasteiger partial charge is 0.456 e. The molecule has 0 bridgehead atoms. The topological polar surface area (TPSA) is 87.7 Å². The molecular weight excluding hydrogens is 572 g/mol. The summed E-state index contributed by atoms with van der Waals surface area (Å²) in [5.41, 5.74) is 9.50. The number of hydrogen-bond acceptors (Lipinski definition) is 6. The molecule has 214 valence electrons. The molecule has 0 aliphatic heterocycles. The summed E-state index contributed by atoms with van der Waals surface area (Å²) in [5, 5.41) is 8.56. The molecule has 8 nitrogen and oxygen atoms in total. The molecule has 3 aromatic carbocycles. The molecule has 0 radical (unpaired) electrons. The van der Waals surface area contributed by atoms with Crippen molar-refractivity contribution in [1.29, 1.82) is 0 Å². The highest BCUT2D eigenvalue weighted by Gasteiger charge is 2.18. The molecule has 11 rings (SSSR count). The Balaban J connectivity index is 1.16. The Bertz CT molecular complexity index is 2740. The lowest BCUT2D eigenvalue weighted by atomic mass is 10.1. The van der Waals surface area contributed by atoms with Crippen molar-refractivity contribution in [2.75, 3.05) is 0 Å². The lowest BCUT2D eigenvalue weighted by molar-refractivity contribution is 0.656. The van der Waals surface area contributed by atoms with Gasteiger partial charge in [0.15, 0.2) is 0 Å². The van der Waals surface area contributed by atoms with Crippen LogP contribution in [0, 0.1) is 0 Å². The molecule has 0 spiro atoms. The van der Waals surface area contributed by atoms with Gasteiger partial charge in [-0.3, -0.25) is 19.9 Å². The first kappa shape index (κ1) is 23.9. The molecule has 46 heavy (non-hydrogen) atoms. The number of aromatic nitrogens is 6. The van der Waals surface area contributed by atoms with Crippen LogP contribution in [0.1, 0.15) is 0 Å². The molecule has 0 saturated carbocycles. The van der Waals surface area contributed by atoms with Crippen molar-refractivity contribution >= 4 is 87.5 Å². The van der Waals surface area contributed by atoms with Gasteiger partial charge < -0.3 is 18.0 Å². The molecule has 0 unspecified atom stereocenters. The average molecular weight is 593 g/mol. The van der Waals surface area contributed by atoms with Gasteiger partial charge in [0.1, 0.15) is 22.3 Å². The molecule has 0 N–H and O–H groups in total. The third-order valence-electron chi connectivity index (χ3n) is 9.28. The molecule has 0 aliphatic rings. The second-order valence-electron chi connectivity index (χ2n) is 11.7. The average Bonchev–Trinajstić information content (AvgIpc) is 3.84. The van der Waals surface area contributed by atoms with Crippen molar-refractivity contribution in [1.82, 2.24) is 29.1 Å². The van der Waals surface area contributed by atoms with Crippen molar-refractivity contribution in [3.8, 4) is 11.4 Å². The van der Waals surface area contributed by atoms with E-state index in [0.29, 0.717) is 0 Å². The number of rotatable bonds is 2. The summed E-state index contributed by atoms with van der Waals surface area (Å²) in [7, 11) is 0. The van der Waals surface area contributed by atoms with Crippen LogP contribution in [0.3, 0.4) is 0 Å². The van der Waals surface area contributed by atoms with E-state index in [1.54, 1.807) is 0 Å². The van der Waals surface area contributed by atoms with Crippen LogP contribution in [-0.4, -0.2) is 29.1 Å². The normalized spacial score (nSPS) is 12.3. The molecule has 8 heterocycles. The fourth-order valence-corrected chi connectivity index (χ4v) is 7.28. The van der Waals surface area contributed by atoms with E-state index in [1.807, 2.05) is 79.9 Å². The summed E-state index contributed by atoms with van der Waals surface area (Å²) in [6.07, 6.45) is 15.0. The van der Waals surface area contributed by atoms with Crippen LogP contribution < -0.4 is 0 Å². The zero-order chi connectivity index (χ0) is 29.9. The Morgan fingerprint density at radius 3 is 1.33 bits per heavy atom. The zero-order valence-corrected chi connectivity index (χ0v) is 24.0.